The summed E-state index contributed by atoms with van der Waals surface area (Å²) in [4.78, 5) is 19.0. The van der Waals surface area contributed by atoms with Gasteiger partial charge in [-0.3, -0.25) is 4.98 Å². The molecule has 0 amide bonds. The molecule has 0 radical (unpaired) electrons. The summed E-state index contributed by atoms with van der Waals surface area (Å²) < 4.78 is 1.03. The first kappa shape index (κ1) is 8.84. The minimum atomic E-state index is -1.05. The van der Waals surface area contributed by atoms with E-state index in [1.165, 1.54) is 12.5 Å². The van der Waals surface area contributed by atoms with Crippen LogP contribution in [0.4, 0.5) is 4.79 Å². The molecule has 0 unspecified atom stereocenters. The van der Waals surface area contributed by atoms with Crippen molar-refractivity contribution in [1.82, 2.24) is 14.5 Å². The van der Waals surface area contributed by atoms with Crippen LogP contribution in [-0.2, 0) is 0 Å². The molecule has 0 bridgehead atoms. The molecular weight excluding hydrogens is 206 g/mol. The number of carboxylic acid groups (broad SMARTS) is 1. The Morgan fingerprint density at radius 1 is 1.25 bits per heavy atom. The smallest absolute Gasteiger partial charge is 0.416 e. The summed E-state index contributed by atoms with van der Waals surface area (Å²) in [5.74, 6) is 0. The summed E-state index contributed by atoms with van der Waals surface area (Å²) in [7, 11) is 0. The van der Waals surface area contributed by atoms with Gasteiger partial charge in [0.25, 0.3) is 0 Å². The average molecular weight is 213 g/mol. The highest BCUT2D eigenvalue weighted by Crippen LogP contribution is 2.22. The molecule has 3 aromatic rings. The van der Waals surface area contributed by atoms with E-state index in [4.69, 9.17) is 5.11 Å². The Morgan fingerprint density at radius 2 is 2.06 bits per heavy atom. The molecule has 78 valence electrons. The lowest BCUT2D eigenvalue weighted by molar-refractivity contribution is 0.196. The number of carbonyl (C=O) groups is 1. The molecule has 0 spiro atoms. The predicted molar refractivity (Wildman–Crippen MR) is 58.5 cm³/mol. The third-order valence-electron chi connectivity index (χ3n) is 2.51. The van der Waals surface area contributed by atoms with Gasteiger partial charge in [-0.1, -0.05) is 12.1 Å². The van der Waals surface area contributed by atoms with Crippen molar-refractivity contribution in [2.45, 2.75) is 0 Å². The Morgan fingerprint density at radius 3 is 2.88 bits per heavy atom. The maximum atomic E-state index is 10.8. The number of fused-ring (bicyclic) bond motifs is 3. The molecular formula is C11H7N3O2. The minimum absolute atomic E-state index is 0.771. The largest absolute Gasteiger partial charge is 0.464 e. The zero-order valence-corrected chi connectivity index (χ0v) is 8.16. The zero-order chi connectivity index (χ0) is 11.1. The van der Waals surface area contributed by atoms with Gasteiger partial charge in [0, 0.05) is 34.7 Å². The predicted octanol–water partition coefficient (Wildman–Crippen LogP) is 2.11. The average Bonchev–Trinajstić information content (AvgIpc) is 2.76. The number of benzene rings is 1. The van der Waals surface area contributed by atoms with Crippen LogP contribution in [0.2, 0.25) is 0 Å². The summed E-state index contributed by atoms with van der Waals surface area (Å²) in [5.41, 5.74) is 0.771. The SMILES string of the molecule is O=C(O)n1cnc2c(ccc3cncc32)c1. The first-order chi connectivity index (χ1) is 7.75. The van der Waals surface area contributed by atoms with Gasteiger partial charge < -0.3 is 5.11 Å². The first-order valence-corrected chi connectivity index (χ1v) is 4.69. The molecule has 3 rings (SSSR count). The topological polar surface area (TPSA) is 68.0 Å². The highest BCUT2D eigenvalue weighted by Gasteiger charge is 2.05. The lowest BCUT2D eigenvalue weighted by Crippen LogP contribution is -2.08. The summed E-state index contributed by atoms with van der Waals surface area (Å²) in [5, 5.41) is 11.6. The molecule has 1 aromatic carbocycles. The van der Waals surface area contributed by atoms with Crippen LogP contribution >= 0.6 is 0 Å². The van der Waals surface area contributed by atoms with Gasteiger partial charge in [0.1, 0.15) is 6.33 Å². The lowest BCUT2D eigenvalue weighted by Gasteiger charge is -2.02. The van der Waals surface area contributed by atoms with Crippen LogP contribution in [0.15, 0.2) is 37.1 Å². The Balaban J connectivity index is 2.41. The highest BCUT2D eigenvalue weighted by molar-refractivity contribution is 6.04. The van der Waals surface area contributed by atoms with E-state index in [1.807, 2.05) is 12.1 Å². The van der Waals surface area contributed by atoms with Crippen molar-refractivity contribution < 1.29 is 9.90 Å². The lowest BCUT2D eigenvalue weighted by atomic mass is 10.1. The van der Waals surface area contributed by atoms with E-state index < -0.39 is 6.09 Å². The fraction of sp³-hybridized carbons (Fsp3) is 0. The van der Waals surface area contributed by atoms with E-state index in [-0.39, 0.29) is 0 Å². The van der Waals surface area contributed by atoms with Crippen LogP contribution in [-0.4, -0.2) is 25.7 Å². The maximum absolute atomic E-state index is 10.8. The Labute approximate surface area is 90.0 Å². The standard InChI is InChI=1S/C11H7N3O2/c15-11(16)14-5-8-2-1-7-3-12-4-9(7)10(8)13-6-14/h1-6H,(H,15,16). The van der Waals surface area contributed by atoms with Gasteiger partial charge in [0.05, 0.1) is 5.52 Å². The maximum Gasteiger partial charge on any atom is 0.416 e. The molecule has 0 atom stereocenters. The number of hydrogen-bond donors (Lipinski definition) is 1. The second-order valence-electron chi connectivity index (χ2n) is 3.48. The van der Waals surface area contributed by atoms with Gasteiger partial charge in [-0.05, 0) is 0 Å². The van der Waals surface area contributed by atoms with Crippen molar-refractivity contribution in [3.63, 3.8) is 0 Å². The van der Waals surface area contributed by atoms with E-state index in [1.54, 1.807) is 12.4 Å². The van der Waals surface area contributed by atoms with Crippen molar-refractivity contribution in [2.24, 2.45) is 0 Å². The second kappa shape index (κ2) is 3.03. The molecule has 16 heavy (non-hydrogen) atoms. The van der Waals surface area contributed by atoms with Gasteiger partial charge in [-0.2, -0.15) is 0 Å². The van der Waals surface area contributed by atoms with Crippen LogP contribution in [0.5, 0.6) is 0 Å². The van der Waals surface area contributed by atoms with Gasteiger partial charge in [-0.25, -0.2) is 14.3 Å². The van der Waals surface area contributed by atoms with E-state index in [9.17, 15) is 4.79 Å². The van der Waals surface area contributed by atoms with Crippen molar-refractivity contribution in [1.29, 1.82) is 0 Å². The summed E-state index contributed by atoms with van der Waals surface area (Å²) in [6.45, 7) is 0. The summed E-state index contributed by atoms with van der Waals surface area (Å²) in [6.07, 6.45) is 5.27. The van der Waals surface area contributed by atoms with Crippen LogP contribution in [0.3, 0.4) is 0 Å². The number of rotatable bonds is 0. The van der Waals surface area contributed by atoms with E-state index in [0.717, 1.165) is 26.2 Å². The number of nitrogens with zero attached hydrogens (tertiary/aromatic N) is 3. The van der Waals surface area contributed by atoms with Crippen LogP contribution < -0.4 is 0 Å². The van der Waals surface area contributed by atoms with Crippen LogP contribution in [0.25, 0.3) is 21.7 Å². The Hall–Kier alpha value is -2.43. The van der Waals surface area contributed by atoms with Crippen molar-refractivity contribution >= 4 is 27.8 Å². The summed E-state index contributed by atoms with van der Waals surface area (Å²) in [6, 6.07) is 3.74. The first-order valence-electron chi connectivity index (χ1n) is 4.69. The molecule has 1 N–H and O–H groups in total. The Bertz CT molecular complexity index is 703. The van der Waals surface area contributed by atoms with Crippen molar-refractivity contribution in [3.05, 3.63) is 37.1 Å². The monoisotopic (exact) mass is 213 g/mol. The molecule has 5 nitrogen and oxygen atoms in total. The fourth-order valence-corrected chi connectivity index (χ4v) is 1.74. The van der Waals surface area contributed by atoms with Crippen LogP contribution in [0, 0.1) is 0 Å². The third-order valence-corrected chi connectivity index (χ3v) is 2.51. The van der Waals surface area contributed by atoms with Gasteiger partial charge >= 0.3 is 6.09 Å². The van der Waals surface area contributed by atoms with Gasteiger partial charge in [0.15, 0.2) is 0 Å². The minimum Gasteiger partial charge on any atom is -0.464 e. The fourth-order valence-electron chi connectivity index (χ4n) is 1.74. The van der Waals surface area contributed by atoms with Crippen molar-refractivity contribution in [2.75, 3.05) is 0 Å². The van der Waals surface area contributed by atoms with Crippen molar-refractivity contribution in [3.8, 4) is 0 Å². The third kappa shape index (κ3) is 1.15. The zero-order valence-electron chi connectivity index (χ0n) is 8.16. The molecule has 0 aliphatic rings. The molecule has 0 saturated heterocycles. The molecule has 0 aliphatic carbocycles. The normalized spacial score (nSPS) is 11.0. The highest BCUT2D eigenvalue weighted by atomic mass is 16.4. The van der Waals surface area contributed by atoms with Gasteiger partial charge in [-0.15, -0.1) is 0 Å². The molecule has 5 heteroatoms. The summed E-state index contributed by atoms with van der Waals surface area (Å²) >= 11 is 0. The van der Waals surface area contributed by atoms with Crippen LogP contribution in [0.1, 0.15) is 0 Å². The van der Waals surface area contributed by atoms with E-state index in [0.29, 0.717) is 0 Å². The molecule has 0 fully saturated rings. The second-order valence-corrected chi connectivity index (χ2v) is 3.48. The molecule has 2 heterocycles. The molecule has 0 saturated carbocycles. The molecule has 0 aliphatic heterocycles. The quantitative estimate of drug-likeness (QED) is 0.621. The molecule has 2 aromatic heterocycles. The Kier molecular flexibility index (Phi) is 1.67. The van der Waals surface area contributed by atoms with E-state index >= 15 is 0 Å². The van der Waals surface area contributed by atoms with E-state index in [2.05, 4.69) is 9.97 Å². The van der Waals surface area contributed by atoms with Gasteiger partial charge in [0.2, 0.25) is 0 Å². The number of hydrogen-bond acceptors (Lipinski definition) is 3. The number of aromatic nitrogens is 3.